The van der Waals surface area contributed by atoms with Crippen molar-refractivity contribution >= 4 is 0 Å². The lowest BCUT2D eigenvalue weighted by atomic mass is 10.0. The van der Waals surface area contributed by atoms with Gasteiger partial charge in [-0.3, -0.25) is 0 Å². The van der Waals surface area contributed by atoms with Gasteiger partial charge in [-0.2, -0.15) is 0 Å². The molecule has 0 saturated carbocycles. The first-order valence-electron chi connectivity index (χ1n) is 4.13. The lowest BCUT2D eigenvalue weighted by Gasteiger charge is -2.13. The second-order valence-corrected chi connectivity index (χ2v) is 3.20. The second-order valence-electron chi connectivity index (χ2n) is 3.20. The summed E-state index contributed by atoms with van der Waals surface area (Å²) < 4.78 is 0. The van der Waals surface area contributed by atoms with E-state index in [4.69, 9.17) is 5.73 Å². The molecule has 2 nitrogen and oxygen atoms in total. The van der Waals surface area contributed by atoms with Crippen molar-refractivity contribution in [3.05, 3.63) is 0 Å². The average Bonchev–Trinajstić information content (AvgIpc) is 1.82. The molecule has 0 fully saturated rings. The molecule has 0 rings (SSSR count). The maximum Gasteiger partial charge on any atom is 0.0167 e. The fourth-order valence-corrected chi connectivity index (χ4v) is 1.02. The average molecular weight is 144 g/mol. The van der Waals surface area contributed by atoms with E-state index in [1.54, 1.807) is 0 Å². The molecule has 0 saturated heterocycles. The Morgan fingerprint density at radius 1 is 1.40 bits per heavy atom. The zero-order chi connectivity index (χ0) is 7.98. The minimum atomic E-state index is 0.333. The van der Waals surface area contributed by atoms with Crippen molar-refractivity contribution in [3.63, 3.8) is 0 Å². The van der Waals surface area contributed by atoms with E-state index in [1.165, 1.54) is 0 Å². The molecule has 0 aliphatic heterocycles. The highest BCUT2D eigenvalue weighted by Crippen LogP contribution is 2.00. The van der Waals surface area contributed by atoms with Crippen LogP contribution in [-0.4, -0.2) is 19.1 Å². The lowest BCUT2D eigenvalue weighted by Crippen LogP contribution is -2.34. The Hall–Kier alpha value is -0.0800. The standard InChI is InChI=1S/C8H20N2/c1-4-10-6-8(9)5-7(2)3/h7-8,10H,4-6,9H2,1-3H3/t8-/m1/s1. The van der Waals surface area contributed by atoms with Crippen LogP contribution in [0.25, 0.3) is 0 Å². The van der Waals surface area contributed by atoms with Crippen molar-refractivity contribution in [2.24, 2.45) is 11.7 Å². The van der Waals surface area contributed by atoms with Gasteiger partial charge in [0.1, 0.15) is 0 Å². The number of nitrogens with one attached hydrogen (secondary N) is 1. The molecule has 0 radical (unpaired) electrons. The van der Waals surface area contributed by atoms with Gasteiger partial charge in [0.15, 0.2) is 0 Å². The summed E-state index contributed by atoms with van der Waals surface area (Å²) in [6.07, 6.45) is 1.12. The predicted molar refractivity (Wildman–Crippen MR) is 46.0 cm³/mol. The zero-order valence-electron chi connectivity index (χ0n) is 7.35. The Morgan fingerprint density at radius 3 is 2.40 bits per heavy atom. The summed E-state index contributed by atoms with van der Waals surface area (Å²) in [5.41, 5.74) is 5.80. The molecular weight excluding hydrogens is 124 g/mol. The fraction of sp³-hybridized carbons (Fsp3) is 1.00. The van der Waals surface area contributed by atoms with Gasteiger partial charge in [-0.05, 0) is 18.9 Å². The molecule has 0 aliphatic rings. The third-order valence-electron chi connectivity index (χ3n) is 1.43. The minimum absolute atomic E-state index is 0.333. The van der Waals surface area contributed by atoms with Crippen LogP contribution in [0, 0.1) is 5.92 Å². The van der Waals surface area contributed by atoms with Gasteiger partial charge in [-0.15, -0.1) is 0 Å². The smallest absolute Gasteiger partial charge is 0.0167 e. The summed E-state index contributed by atoms with van der Waals surface area (Å²) in [5.74, 6) is 0.716. The predicted octanol–water partition coefficient (Wildman–Crippen LogP) is 0.969. The third-order valence-corrected chi connectivity index (χ3v) is 1.43. The number of likely N-dealkylation sites (N-methyl/N-ethyl adjacent to an activating group) is 1. The monoisotopic (exact) mass is 144 g/mol. The lowest BCUT2D eigenvalue weighted by molar-refractivity contribution is 0.472. The first kappa shape index (κ1) is 9.92. The number of rotatable bonds is 5. The molecule has 0 aromatic carbocycles. The Balaban J connectivity index is 3.16. The van der Waals surface area contributed by atoms with Crippen LogP contribution in [0.5, 0.6) is 0 Å². The van der Waals surface area contributed by atoms with Crippen molar-refractivity contribution in [2.75, 3.05) is 13.1 Å². The van der Waals surface area contributed by atoms with Crippen LogP contribution in [0.2, 0.25) is 0 Å². The zero-order valence-corrected chi connectivity index (χ0v) is 7.35. The maximum absolute atomic E-state index is 5.80. The maximum atomic E-state index is 5.80. The fourth-order valence-electron chi connectivity index (χ4n) is 1.02. The van der Waals surface area contributed by atoms with Gasteiger partial charge in [0.05, 0.1) is 0 Å². The Bertz CT molecular complexity index is 71.7. The second kappa shape index (κ2) is 5.69. The SMILES string of the molecule is CCNC[C@H](N)CC(C)C. The molecule has 0 aliphatic carbocycles. The summed E-state index contributed by atoms with van der Waals surface area (Å²) in [7, 11) is 0. The third kappa shape index (κ3) is 6.05. The van der Waals surface area contributed by atoms with Gasteiger partial charge in [0.25, 0.3) is 0 Å². The Morgan fingerprint density at radius 2 is 2.00 bits per heavy atom. The number of hydrogen-bond acceptors (Lipinski definition) is 2. The van der Waals surface area contributed by atoms with Gasteiger partial charge in [0, 0.05) is 12.6 Å². The molecule has 10 heavy (non-hydrogen) atoms. The van der Waals surface area contributed by atoms with Gasteiger partial charge in [-0.1, -0.05) is 20.8 Å². The van der Waals surface area contributed by atoms with Crippen LogP contribution in [0.4, 0.5) is 0 Å². The highest BCUT2D eigenvalue weighted by Gasteiger charge is 2.02. The Kier molecular flexibility index (Phi) is 5.64. The molecule has 62 valence electrons. The molecule has 0 amide bonds. The van der Waals surface area contributed by atoms with Crippen molar-refractivity contribution in [2.45, 2.75) is 33.2 Å². The van der Waals surface area contributed by atoms with E-state index in [0.29, 0.717) is 12.0 Å². The Labute approximate surface area is 64.2 Å². The van der Waals surface area contributed by atoms with Crippen molar-refractivity contribution in [3.8, 4) is 0 Å². The van der Waals surface area contributed by atoms with Crippen molar-refractivity contribution in [1.82, 2.24) is 5.32 Å². The summed E-state index contributed by atoms with van der Waals surface area (Å²) in [6.45, 7) is 8.47. The molecule has 2 heteroatoms. The van der Waals surface area contributed by atoms with E-state index in [0.717, 1.165) is 19.5 Å². The molecule has 3 N–H and O–H groups in total. The van der Waals surface area contributed by atoms with Crippen molar-refractivity contribution in [1.29, 1.82) is 0 Å². The van der Waals surface area contributed by atoms with E-state index >= 15 is 0 Å². The molecule has 0 heterocycles. The van der Waals surface area contributed by atoms with Crippen LogP contribution >= 0.6 is 0 Å². The van der Waals surface area contributed by atoms with E-state index in [2.05, 4.69) is 26.1 Å². The minimum Gasteiger partial charge on any atom is -0.327 e. The summed E-state index contributed by atoms with van der Waals surface area (Å²) in [4.78, 5) is 0. The molecule has 0 bridgehead atoms. The summed E-state index contributed by atoms with van der Waals surface area (Å²) >= 11 is 0. The first-order valence-corrected chi connectivity index (χ1v) is 4.13. The van der Waals surface area contributed by atoms with Crippen LogP contribution in [0.15, 0.2) is 0 Å². The van der Waals surface area contributed by atoms with E-state index in [1.807, 2.05) is 0 Å². The number of nitrogens with two attached hydrogens (primary N) is 1. The molecule has 1 atom stereocenters. The largest absolute Gasteiger partial charge is 0.327 e. The first-order chi connectivity index (χ1) is 4.66. The van der Waals surface area contributed by atoms with E-state index in [9.17, 15) is 0 Å². The van der Waals surface area contributed by atoms with Crippen LogP contribution < -0.4 is 11.1 Å². The van der Waals surface area contributed by atoms with Gasteiger partial charge in [-0.25, -0.2) is 0 Å². The van der Waals surface area contributed by atoms with Crippen LogP contribution in [0.3, 0.4) is 0 Å². The van der Waals surface area contributed by atoms with Crippen LogP contribution in [-0.2, 0) is 0 Å². The highest BCUT2D eigenvalue weighted by atomic mass is 14.9. The van der Waals surface area contributed by atoms with E-state index < -0.39 is 0 Å². The highest BCUT2D eigenvalue weighted by molar-refractivity contribution is 4.65. The normalized spacial score (nSPS) is 14.1. The van der Waals surface area contributed by atoms with Crippen molar-refractivity contribution < 1.29 is 0 Å². The van der Waals surface area contributed by atoms with Crippen LogP contribution in [0.1, 0.15) is 27.2 Å². The molecule has 0 aromatic heterocycles. The molecular formula is C8H20N2. The number of hydrogen-bond donors (Lipinski definition) is 2. The molecule has 0 aromatic rings. The van der Waals surface area contributed by atoms with Gasteiger partial charge in [0.2, 0.25) is 0 Å². The molecule has 0 unspecified atom stereocenters. The topological polar surface area (TPSA) is 38.0 Å². The summed E-state index contributed by atoms with van der Waals surface area (Å²) in [6, 6.07) is 0.333. The van der Waals surface area contributed by atoms with Gasteiger partial charge < -0.3 is 11.1 Å². The van der Waals surface area contributed by atoms with E-state index in [-0.39, 0.29) is 0 Å². The summed E-state index contributed by atoms with van der Waals surface area (Å²) in [5, 5.41) is 3.23. The molecule has 0 spiro atoms. The van der Waals surface area contributed by atoms with Gasteiger partial charge >= 0.3 is 0 Å². The quantitative estimate of drug-likeness (QED) is 0.603.